The zero-order valence-electron chi connectivity index (χ0n) is 12.8. The lowest BCUT2D eigenvalue weighted by Gasteiger charge is -2.24. The average Bonchev–Trinajstić information content (AvgIpc) is 2.59. The van der Waals surface area contributed by atoms with Crippen molar-refractivity contribution < 1.29 is 14.0 Å². The summed E-state index contributed by atoms with van der Waals surface area (Å²) in [6.45, 7) is 0.447. The van der Waals surface area contributed by atoms with Crippen molar-refractivity contribution in [1.29, 1.82) is 0 Å². The summed E-state index contributed by atoms with van der Waals surface area (Å²) >= 11 is 1.53. The van der Waals surface area contributed by atoms with E-state index in [0.717, 1.165) is 5.03 Å². The summed E-state index contributed by atoms with van der Waals surface area (Å²) in [5, 5.41) is 6.36. The molecule has 0 saturated carbocycles. The first-order chi connectivity index (χ1) is 11.6. The van der Waals surface area contributed by atoms with Crippen molar-refractivity contribution in [3.63, 3.8) is 0 Å². The SMILES string of the molecule is O=C1CC(C(=O)NCCSc2ccccn2)c2cc(F)ccc2N1. The third-order valence-electron chi connectivity index (χ3n) is 3.66. The lowest BCUT2D eigenvalue weighted by molar-refractivity contribution is -0.126. The van der Waals surface area contributed by atoms with Crippen LogP contribution in [-0.4, -0.2) is 29.1 Å². The fourth-order valence-electron chi connectivity index (χ4n) is 2.55. The molecule has 1 aliphatic heterocycles. The molecule has 0 fully saturated rings. The van der Waals surface area contributed by atoms with Gasteiger partial charge in [0, 0.05) is 30.6 Å². The monoisotopic (exact) mass is 345 g/mol. The number of carbonyl (C=O) groups excluding carboxylic acids is 2. The van der Waals surface area contributed by atoms with Gasteiger partial charge in [-0.2, -0.15) is 0 Å². The number of amides is 2. The first-order valence-electron chi connectivity index (χ1n) is 7.54. The quantitative estimate of drug-likeness (QED) is 0.645. The average molecular weight is 345 g/mol. The number of carbonyl (C=O) groups is 2. The number of hydrogen-bond acceptors (Lipinski definition) is 4. The summed E-state index contributed by atoms with van der Waals surface area (Å²) in [5.41, 5.74) is 1.01. The van der Waals surface area contributed by atoms with Gasteiger partial charge in [-0.15, -0.1) is 11.8 Å². The number of pyridine rings is 1. The van der Waals surface area contributed by atoms with Gasteiger partial charge in [0.25, 0.3) is 0 Å². The summed E-state index contributed by atoms with van der Waals surface area (Å²) in [6.07, 6.45) is 1.74. The van der Waals surface area contributed by atoms with Gasteiger partial charge < -0.3 is 10.6 Å². The molecule has 1 aromatic heterocycles. The molecular formula is C17H16FN3O2S. The van der Waals surface area contributed by atoms with Crippen LogP contribution < -0.4 is 10.6 Å². The van der Waals surface area contributed by atoms with E-state index in [0.29, 0.717) is 23.5 Å². The van der Waals surface area contributed by atoms with Crippen LogP contribution in [0.4, 0.5) is 10.1 Å². The Bertz CT molecular complexity index is 755. The van der Waals surface area contributed by atoms with Gasteiger partial charge in [0.2, 0.25) is 11.8 Å². The maximum Gasteiger partial charge on any atom is 0.228 e. The minimum absolute atomic E-state index is 0.0235. The zero-order valence-corrected chi connectivity index (χ0v) is 13.6. The Hall–Kier alpha value is -2.41. The molecule has 0 radical (unpaired) electrons. The number of thioether (sulfide) groups is 1. The molecule has 2 heterocycles. The molecule has 1 atom stereocenters. The maximum atomic E-state index is 13.5. The molecule has 0 aliphatic carbocycles. The van der Waals surface area contributed by atoms with Crippen molar-refractivity contribution in [3.8, 4) is 0 Å². The third kappa shape index (κ3) is 3.91. The van der Waals surface area contributed by atoms with Gasteiger partial charge in [0.1, 0.15) is 5.82 Å². The normalized spacial score (nSPS) is 16.2. The van der Waals surface area contributed by atoms with Crippen LogP contribution in [0.5, 0.6) is 0 Å². The fraction of sp³-hybridized carbons (Fsp3) is 0.235. The Morgan fingerprint density at radius 2 is 2.25 bits per heavy atom. The van der Waals surface area contributed by atoms with Crippen molar-refractivity contribution in [2.45, 2.75) is 17.4 Å². The molecule has 7 heteroatoms. The smallest absolute Gasteiger partial charge is 0.228 e. The van der Waals surface area contributed by atoms with Crippen LogP contribution in [-0.2, 0) is 9.59 Å². The lowest BCUT2D eigenvalue weighted by Crippen LogP contribution is -2.36. The third-order valence-corrected chi connectivity index (χ3v) is 4.60. The maximum absolute atomic E-state index is 13.5. The molecule has 2 N–H and O–H groups in total. The van der Waals surface area contributed by atoms with Crippen molar-refractivity contribution >= 4 is 29.3 Å². The minimum Gasteiger partial charge on any atom is -0.355 e. The predicted octanol–water partition coefficient (Wildman–Crippen LogP) is 2.55. The minimum atomic E-state index is -0.663. The van der Waals surface area contributed by atoms with E-state index >= 15 is 0 Å². The van der Waals surface area contributed by atoms with Gasteiger partial charge in [0.15, 0.2) is 0 Å². The van der Waals surface area contributed by atoms with Crippen LogP contribution >= 0.6 is 11.8 Å². The van der Waals surface area contributed by atoms with Crippen molar-refractivity contribution in [3.05, 3.63) is 54.0 Å². The summed E-state index contributed by atoms with van der Waals surface area (Å²) in [5.74, 6) is -0.925. The Morgan fingerprint density at radius 1 is 1.38 bits per heavy atom. The van der Waals surface area contributed by atoms with E-state index in [1.165, 1.54) is 30.0 Å². The summed E-state index contributed by atoms with van der Waals surface area (Å²) in [4.78, 5) is 28.3. The molecule has 2 amide bonds. The Labute approximate surface area is 143 Å². The lowest BCUT2D eigenvalue weighted by atomic mass is 9.89. The Morgan fingerprint density at radius 3 is 3.04 bits per heavy atom. The molecule has 2 aromatic rings. The Balaban J connectivity index is 1.59. The molecule has 24 heavy (non-hydrogen) atoms. The molecule has 1 unspecified atom stereocenters. The second-order valence-corrected chi connectivity index (χ2v) is 6.46. The summed E-state index contributed by atoms with van der Waals surface area (Å²) < 4.78 is 13.5. The highest BCUT2D eigenvalue weighted by atomic mass is 32.2. The number of rotatable bonds is 5. The van der Waals surface area contributed by atoms with Crippen LogP contribution in [0.2, 0.25) is 0 Å². The van der Waals surface area contributed by atoms with Crippen LogP contribution in [0, 0.1) is 5.82 Å². The highest BCUT2D eigenvalue weighted by Crippen LogP contribution is 2.32. The van der Waals surface area contributed by atoms with E-state index in [9.17, 15) is 14.0 Å². The Kier molecular flexibility index (Phi) is 5.10. The summed E-state index contributed by atoms with van der Waals surface area (Å²) in [7, 11) is 0. The molecule has 1 aliphatic rings. The second kappa shape index (κ2) is 7.44. The number of nitrogens with zero attached hydrogens (tertiary/aromatic N) is 1. The highest BCUT2D eigenvalue weighted by Gasteiger charge is 2.30. The first kappa shape index (κ1) is 16.4. The van der Waals surface area contributed by atoms with E-state index in [2.05, 4.69) is 15.6 Å². The number of fused-ring (bicyclic) bond motifs is 1. The number of nitrogens with one attached hydrogen (secondary N) is 2. The largest absolute Gasteiger partial charge is 0.355 e. The number of anilines is 1. The van der Waals surface area contributed by atoms with Gasteiger partial charge in [-0.1, -0.05) is 6.07 Å². The molecule has 0 saturated heterocycles. The fourth-order valence-corrected chi connectivity index (χ4v) is 3.28. The molecule has 0 bridgehead atoms. The van der Waals surface area contributed by atoms with Gasteiger partial charge in [-0.3, -0.25) is 9.59 Å². The van der Waals surface area contributed by atoms with Gasteiger partial charge in [-0.25, -0.2) is 9.37 Å². The van der Waals surface area contributed by atoms with Crippen LogP contribution in [0.25, 0.3) is 0 Å². The van der Waals surface area contributed by atoms with E-state index in [1.54, 1.807) is 6.20 Å². The zero-order chi connectivity index (χ0) is 16.9. The van der Waals surface area contributed by atoms with Crippen LogP contribution in [0.15, 0.2) is 47.6 Å². The van der Waals surface area contributed by atoms with Crippen LogP contribution in [0.3, 0.4) is 0 Å². The van der Waals surface area contributed by atoms with Crippen molar-refractivity contribution in [1.82, 2.24) is 10.3 Å². The van der Waals surface area contributed by atoms with Crippen molar-refractivity contribution in [2.75, 3.05) is 17.6 Å². The predicted molar refractivity (Wildman–Crippen MR) is 90.4 cm³/mol. The van der Waals surface area contributed by atoms with E-state index in [1.807, 2.05) is 18.2 Å². The topological polar surface area (TPSA) is 71.1 Å². The number of aromatic nitrogens is 1. The standard InChI is InChI=1S/C17H16FN3O2S/c18-11-4-5-14-12(9-11)13(10-15(22)21-14)17(23)20-7-8-24-16-3-1-2-6-19-16/h1-6,9,13H,7-8,10H2,(H,20,23)(H,21,22). The number of benzene rings is 1. The van der Waals surface area contributed by atoms with E-state index in [4.69, 9.17) is 0 Å². The highest BCUT2D eigenvalue weighted by molar-refractivity contribution is 7.99. The van der Waals surface area contributed by atoms with E-state index in [-0.39, 0.29) is 18.2 Å². The molecule has 5 nitrogen and oxygen atoms in total. The van der Waals surface area contributed by atoms with Gasteiger partial charge in [0.05, 0.1) is 10.9 Å². The molecular weight excluding hydrogens is 329 g/mol. The number of halogens is 1. The molecule has 3 rings (SSSR count). The number of hydrogen-bond donors (Lipinski definition) is 2. The first-order valence-corrected chi connectivity index (χ1v) is 8.53. The van der Waals surface area contributed by atoms with Gasteiger partial charge in [-0.05, 0) is 35.9 Å². The molecule has 124 valence electrons. The molecule has 1 aromatic carbocycles. The van der Waals surface area contributed by atoms with Gasteiger partial charge >= 0.3 is 0 Å². The second-order valence-electron chi connectivity index (χ2n) is 5.34. The summed E-state index contributed by atoms with van der Waals surface area (Å²) in [6, 6.07) is 9.71. The molecule has 0 spiro atoms. The van der Waals surface area contributed by atoms with Crippen molar-refractivity contribution in [2.24, 2.45) is 0 Å². The van der Waals surface area contributed by atoms with E-state index < -0.39 is 11.7 Å². The van der Waals surface area contributed by atoms with Crippen LogP contribution in [0.1, 0.15) is 17.9 Å².